The molecule has 0 bridgehead atoms. The summed E-state index contributed by atoms with van der Waals surface area (Å²) in [5, 5.41) is 10.9. The van der Waals surface area contributed by atoms with Crippen LogP contribution < -0.4 is 20.3 Å². The fourth-order valence-corrected chi connectivity index (χ4v) is 4.11. The number of benzene rings is 1. The second kappa shape index (κ2) is 10.2. The quantitative estimate of drug-likeness (QED) is 0.400. The van der Waals surface area contributed by atoms with Crippen LogP contribution in [-0.4, -0.2) is 55.4 Å². The number of aromatic nitrogens is 6. The van der Waals surface area contributed by atoms with Gasteiger partial charge in [-0.25, -0.2) is 19.3 Å². The summed E-state index contributed by atoms with van der Waals surface area (Å²) >= 11 is 0. The molecule has 0 unspecified atom stereocenters. The number of hydrogen-bond acceptors (Lipinski definition) is 9. The number of nitrogens with one attached hydrogen (secondary N) is 2. The number of hydrogen-bond donors (Lipinski definition) is 2. The monoisotopic (exact) mass is 489 g/mol. The van der Waals surface area contributed by atoms with Crippen LogP contribution in [-0.2, 0) is 7.05 Å². The van der Waals surface area contributed by atoms with Crippen molar-refractivity contribution in [2.24, 2.45) is 7.05 Å². The number of anilines is 3. The predicted octanol–water partition coefficient (Wildman–Crippen LogP) is 3.84. The van der Waals surface area contributed by atoms with Crippen LogP contribution in [0.2, 0.25) is 0 Å². The molecule has 4 heterocycles. The normalized spacial score (nSPS) is 15.7. The van der Waals surface area contributed by atoms with E-state index in [4.69, 9.17) is 9.72 Å². The number of rotatable bonds is 7. The molecule has 0 saturated carbocycles. The summed E-state index contributed by atoms with van der Waals surface area (Å²) in [6.07, 6.45) is 7.86. The van der Waals surface area contributed by atoms with Crippen LogP contribution in [0, 0.1) is 12.7 Å². The van der Waals surface area contributed by atoms with Crippen LogP contribution in [0.4, 0.5) is 21.8 Å². The molecular formula is C25H28FN9O. The first-order valence-electron chi connectivity index (χ1n) is 11.9. The van der Waals surface area contributed by atoms with Gasteiger partial charge in [-0.3, -0.25) is 4.68 Å². The van der Waals surface area contributed by atoms with E-state index >= 15 is 4.39 Å². The van der Waals surface area contributed by atoms with Crippen molar-refractivity contribution in [3.05, 3.63) is 60.6 Å². The van der Waals surface area contributed by atoms with Crippen LogP contribution in [0.1, 0.15) is 19.0 Å². The topological polar surface area (TPSA) is 106 Å². The summed E-state index contributed by atoms with van der Waals surface area (Å²) in [6.45, 7) is 6.39. The van der Waals surface area contributed by atoms with E-state index in [9.17, 15) is 0 Å². The molecule has 2 N–H and O–H groups in total. The van der Waals surface area contributed by atoms with Gasteiger partial charge in [-0.1, -0.05) is 13.0 Å². The van der Waals surface area contributed by atoms with Gasteiger partial charge in [-0.2, -0.15) is 10.1 Å². The zero-order valence-electron chi connectivity index (χ0n) is 20.4. The van der Waals surface area contributed by atoms with Gasteiger partial charge in [0.05, 0.1) is 11.9 Å². The first-order chi connectivity index (χ1) is 17.5. The van der Waals surface area contributed by atoms with Gasteiger partial charge in [-0.05, 0) is 37.1 Å². The van der Waals surface area contributed by atoms with Gasteiger partial charge in [0.2, 0.25) is 5.95 Å². The smallest absolute Gasteiger partial charge is 0.322 e. The summed E-state index contributed by atoms with van der Waals surface area (Å²) in [7, 11) is 1.85. The first kappa shape index (κ1) is 23.6. The summed E-state index contributed by atoms with van der Waals surface area (Å²) in [4.78, 5) is 19.8. The highest BCUT2D eigenvalue weighted by atomic mass is 19.1. The maximum atomic E-state index is 15.1. The van der Waals surface area contributed by atoms with Crippen LogP contribution >= 0.6 is 0 Å². The highest BCUT2D eigenvalue weighted by molar-refractivity contribution is 5.77. The molecule has 36 heavy (non-hydrogen) atoms. The highest BCUT2D eigenvalue weighted by Crippen LogP contribution is 2.34. The van der Waals surface area contributed by atoms with Gasteiger partial charge in [0, 0.05) is 62.6 Å². The van der Waals surface area contributed by atoms with Crippen molar-refractivity contribution < 1.29 is 9.13 Å². The molecule has 1 atom stereocenters. The molecule has 186 valence electrons. The average Bonchev–Trinajstić information content (AvgIpc) is 3.29. The minimum absolute atomic E-state index is 0.0508. The third kappa shape index (κ3) is 5.25. The number of ether oxygens (including phenoxy) is 1. The standard InChI is InChI=1S/C25H28FN9O/c1-4-18-15-35(10-9-27-18)23-20(13-29-24(33-23)32-19-12-30-34(3)14-19)17-5-6-22(21(26)11-17)36-25-28-8-7-16(2)31-25/h5-8,11-14,18,27H,4,9-10,15H2,1-3H3,(H,29,32,33)/t18-/m1/s1. The van der Waals surface area contributed by atoms with Crippen molar-refractivity contribution in [2.75, 3.05) is 29.9 Å². The fraction of sp³-hybridized carbons (Fsp3) is 0.320. The maximum absolute atomic E-state index is 15.1. The van der Waals surface area contributed by atoms with Crippen LogP contribution in [0.15, 0.2) is 49.1 Å². The minimum atomic E-state index is -0.520. The van der Waals surface area contributed by atoms with Crippen molar-refractivity contribution in [1.29, 1.82) is 0 Å². The number of piperazine rings is 1. The molecule has 11 heteroatoms. The Hall–Kier alpha value is -4.12. The highest BCUT2D eigenvalue weighted by Gasteiger charge is 2.23. The van der Waals surface area contributed by atoms with Crippen molar-refractivity contribution in [3.8, 4) is 22.9 Å². The first-order valence-corrected chi connectivity index (χ1v) is 11.9. The Bertz CT molecular complexity index is 1360. The van der Waals surface area contributed by atoms with Crippen LogP contribution in [0.3, 0.4) is 0 Å². The van der Waals surface area contributed by atoms with Gasteiger partial charge in [0.25, 0.3) is 0 Å². The largest absolute Gasteiger partial charge is 0.421 e. The molecule has 0 amide bonds. The van der Waals surface area contributed by atoms with Crippen molar-refractivity contribution in [3.63, 3.8) is 0 Å². The Balaban J connectivity index is 1.48. The molecule has 1 aromatic carbocycles. The molecule has 1 saturated heterocycles. The Morgan fingerprint density at radius 3 is 2.83 bits per heavy atom. The lowest BCUT2D eigenvalue weighted by atomic mass is 10.1. The molecule has 0 spiro atoms. The Morgan fingerprint density at radius 1 is 1.19 bits per heavy atom. The second-order valence-corrected chi connectivity index (χ2v) is 8.69. The van der Waals surface area contributed by atoms with E-state index in [2.05, 4.69) is 42.5 Å². The summed E-state index contributed by atoms with van der Waals surface area (Å²) in [5.74, 6) is 0.722. The van der Waals surface area contributed by atoms with Crippen molar-refractivity contribution >= 4 is 17.5 Å². The SMILES string of the molecule is CC[C@@H]1CN(c2nc(Nc3cnn(C)c3)ncc2-c2ccc(Oc3nccc(C)n3)c(F)c2)CCN1. The fourth-order valence-electron chi connectivity index (χ4n) is 4.11. The van der Waals surface area contributed by atoms with Crippen LogP contribution in [0.5, 0.6) is 11.8 Å². The Labute approximate surface area is 208 Å². The molecular weight excluding hydrogens is 461 g/mol. The molecule has 1 fully saturated rings. The summed E-state index contributed by atoms with van der Waals surface area (Å²) in [6, 6.07) is 7.00. The van der Waals surface area contributed by atoms with Gasteiger partial charge in [0.15, 0.2) is 11.6 Å². The van der Waals surface area contributed by atoms with Gasteiger partial charge < -0.3 is 20.3 Å². The third-order valence-electron chi connectivity index (χ3n) is 5.99. The van der Waals surface area contributed by atoms with E-state index in [0.717, 1.165) is 48.8 Å². The zero-order valence-corrected chi connectivity index (χ0v) is 20.4. The lowest BCUT2D eigenvalue weighted by Crippen LogP contribution is -2.50. The van der Waals surface area contributed by atoms with Crippen molar-refractivity contribution in [2.45, 2.75) is 26.3 Å². The maximum Gasteiger partial charge on any atom is 0.322 e. The molecule has 4 aromatic rings. The number of halogens is 1. The molecule has 5 rings (SSSR count). The summed E-state index contributed by atoms with van der Waals surface area (Å²) in [5.41, 5.74) is 2.91. The molecule has 10 nitrogen and oxygen atoms in total. The Kier molecular flexibility index (Phi) is 6.72. The van der Waals surface area contributed by atoms with E-state index in [1.54, 1.807) is 41.5 Å². The number of nitrogens with zero attached hydrogens (tertiary/aromatic N) is 7. The van der Waals surface area contributed by atoms with Crippen molar-refractivity contribution in [1.82, 2.24) is 35.0 Å². The van der Waals surface area contributed by atoms with E-state index in [-0.39, 0.29) is 11.8 Å². The lowest BCUT2D eigenvalue weighted by Gasteiger charge is -2.35. The Morgan fingerprint density at radius 2 is 2.08 bits per heavy atom. The predicted molar refractivity (Wildman–Crippen MR) is 135 cm³/mol. The molecule has 3 aromatic heterocycles. The molecule has 1 aliphatic rings. The third-order valence-corrected chi connectivity index (χ3v) is 5.99. The van der Waals surface area contributed by atoms with Gasteiger partial charge in [0.1, 0.15) is 5.82 Å². The van der Waals surface area contributed by atoms with Gasteiger partial charge in [-0.15, -0.1) is 0 Å². The molecule has 0 aliphatic carbocycles. The second-order valence-electron chi connectivity index (χ2n) is 8.69. The number of aryl methyl sites for hydroxylation is 2. The summed E-state index contributed by atoms with van der Waals surface area (Å²) < 4.78 is 22.4. The minimum Gasteiger partial charge on any atom is -0.421 e. The lowest BCUT2D eigenvalue weighted by molar-refractivity contribution is 0.410. The van der Waals surface area contributed by atoms with E-state index in [1.165, 1.54) is 6.07 Å². The van der Waals surface area contributed by atoms with E-state index in [0.29, 0.717) is 17.6 Å². The molecule has 0 radical (unpaired) electrons. The zero-order chi connectivity index (χ0) is 25.1. The van der Waals surface area contributed by atoms with E-state index < -0.39 is 5.82 Å². The van der Waals surface area contributed by atoms with Crippen LogP contribution in [0.25, 0.3) is 11.1 Å². The molecule has 1 aliphatic heterocycles. The average molecular weight is 490 g/mol. The van der Waals surface area contributed by atoms with E-state index in [1.807, 2.05) is 20.2 Å². The van der Waals surface area contributed by atoms with Gasteiger partial charge >= 0.3 is 6.01 Å².